The number of hydrogen-bond acceptors (Lipinski definition) is 4. The Hall–Kier alpha value is 0.0200. The third-order valence-corrected chi connectivity index (χ3v) is 5.11. The van der Waals surface area contributed by atoms with Gasteiger partial charge < -0.3 is 26.8 Å². The summed E-state index contributed by atoms with van der Waals surface area (Å²) in [6, 6.07) is 0. The Morgan fingerprint density at radius 3 is 1.96 bits per heavy atom. The third kappa shape index (κ3) is 7.93. The van der Waals surface area contributed by atoms with Crippen LogP contribution >= 0.6 is 37.2 Å². The van der Waals surface area contributed by atoms with Crippen molar-refractivity contribution >= 4 is 43.3 Å². The molecule has 2 fully saturated rings. The number of nitrogens with two attached hydrogens (primary N) is 2. The highest BCUT2D eigenvalue weighted by atomic mass is 35.5. The molecule has 0 aromatic heterocycles. The van der Waals surface area contributed by atoms with Gasteiger partial charge in [0.2, 0.25) is 0 Å². The highest BCUT2D eigenvalue weighted by molar-refractivity contribution is 5.86. The van der Waals surface area contributed by atoms with E-state index in [2.05, 4.69) is 5.32 Å². The van der Waals surface area contributed by atoms with E-state index >= 15 is 0 Å². The predicted octanol–water partition coefficient (Wildman–Crippen LogP) is 2.08. The molecule has 0 aromatic carbocycles. The van der Waals surface area contributed by atoms with Crippen LogP contribution in [0, 0.1) is 10.8 Å². The molecule has 2 aliphatic rings. The Balaban J connectivity index is 0. The maximum Gasteiger partial charge on any atom is 0.407 e. The number of amides is 1. The van der Waals surface area contributed by atoms with Crippen LogP contribution in [-0.2, 0) is 0 Å². The maximum atomic E-state index is 11.3. The van der Waals surface area contributed by atoms with Crippen molar-refractivity contribution in [3.05, 3.63) is 0 Å². The van der Waals surface area contributed by atoms with E-state index in [-0.39, 0.29) is 42.6 Å². The molecule has 9 heteroatoms. The topological polar surface area (TPSA) is 105 Å². The first-order valence-electron chi connectivity index (χ1n) is 8.14. The standard InChI is InChI=1S/C15H30N4O2.3ClH/c16-9-14(3-4-14)11-18-7-1-2-8-19(13(20)21)12-15(10-17)5-6-15;;;/h18H,1-12,16-17H2,(H,20,21);3*1H. The number of halogens is 3. The lowest BCUT2D eigenvalue weighted by Crippen LogP contribution is -2.38. The van der Waals surface area contributed by atoms with Gasteiger partial charge in [-0.05, 0) is 63.6 Å². The molecular formula is C15H33Cl3N4O2. The van der Waals surface area contributed by atoms with Crippen molar-refractivity contribution in [2.45, 2.75) is 38.5 Å². The molecule has 2 aliphatic carbocycles. The summed E-state index contributed by atoms with van der Waals surface area (Å²) in [5.41, 5.74) is 11.9. The molecule has 0 aromatic rings. The van der Waals surface area contributed by atoms with E-state index in [0.717, 1.165) is 45.3 Å². The second-order valence-electron chi connectivity index (χ2n) is 7.00. The van der Waals surface area contributed by atoms with Crippen LogP contribution in [0.2, 0.25) is 0 Å². The summed E-state index contributed by atoms with van der Waals surface area (Å²) in [5.74, 6) is 0. The molecule has 0 unspecified atom stereocenters. The van der Waals surface area contributed by atoms with Crippen molar-refractivity contribution < 1.29 is 9.90 Å². The van der Waals surface area contributed by atoms with E-state index < -0.39 is 6.09 Å². The summed E-state index contributed by atoms with van der Waals surface area (Å²) in [7, 11) is 0. The zero-order chi connectivity index (χ0) is 15.3. The van der Waals surface area contributed by atoms with E-state index in [4.69, 9.17) is 11.5 Å². The molecule has 146 valence electrons. The first-order chi connectivity index (χ1) is 10.0. The minimum Gasteiger partial charge on any atom is -0.465 e. The van der Waals surface area contributed by atoms with Crippen molar-refractivity contribution in [1.82, 2.24) is 10.2 Å². The van der Waals surface area contributed by atoms with Gasteiger partial charge in [0.25, 0.3) is 0 Å². The number of carboxylic acid groups (broad SMARTS) is 1. The molecule has 0 radical (unpaired) electrons. The SMILES string of the molecule is Cl.Cl.Cl.NCC1(CNCCCCN(CC2(CN)CC2)C(=O)O)CC1. The normalized spacial score (nSPS) is 18.4. The quantitative estimate of drug-likeness (QED) is 0.392. The number of rotatable bonds is 11. The van der Waals surface area contributed by atoms with E-state index in [1.807, 2.05) is 0 Å². The summed E-state index contributed by atoms with van der Waals surface area (Å²) in [6.45, 7) is 4.52. The zero-order valence-corrected chi connectivity index (χ0v) is 16.6. The molecule has 24 heavy (non-hydrogen) atoms. The Labute approximate surface area is 163 Å². The number of hydrogen-bond donors (Lipinski definition) is 4. The van der Waals surface area contributed by atoms with E-state index in [0.29, 0.717) is 25.0 Å². The summed E-state index contributed by atoms with van der Waals surface area (Å²) in [5, 5.41) is 12.7. The second-order valence-corrected chi connectivity index (χ2v) is 7.00. The van der Waals surface area contributed by atoms with Crippen LogP contribution in [0.25, 0.3) is 0 Å². The molecule has 0 spiro atoms. The lowest BCUT2D eigenvalue weighted by Gasteiger charge is -2.24. The van der Waals surface area contributed by atoms with E-state index in [1.54, 1.807) is 4.90 Å². The molecule has 6 N–H and O–H groups in total. The molecule has 1 amide bonds. The highest BCUT2D eigenvalue weighted by Crippen LogP contribution is 2.45. The van der Waals surface area contributed by atoms with Gasteiger partial charge in [-0.15, -0.1) is 37.2 Å². The molecule has 0 heterocycles. The monoisotopic (exact) mass is 406 g/mol. The van der Waals surface area contributed by atoms with Crippen molar-refractivity contribution in [2.24, 2.45) is 22.3 Å². The van der Waals surface area contributed by atoms with Gasteiger partial charge in [0.15, 0.2) is 0 Å². The molecule has 0 atom stereocenters. The predicted molar refractivity (Wildman–Crippen MR) is 105 cm³/mol. The molecule has 2 saturated carbocycles. The Morgan fingerprint density at radius 1 is 1.00 bits per heavy atom. The average molecular weight is 408 g/mol. The van der Waals surface area contributed by atoms with Gasteiger partial charge in [-0.3, -0.25) is 0 Å². The van der Waals surface area contributed by atoms with Crippen LogP contribution < -0.4 is 16.8 Å². The van der Waals surface area contributed by atoms with Crippen LogP contribution in [0.5, 0.6) is 0 Å². The minimum atomic E-state index is -0.817. The van der Waals surface area contributed by atoms with E-state index in [9.17, 15) is 9.90 Å². The first kappa shape index (κ1) is 26.3. The molecule has 2 rings (SSSR count). The second kappa shape index (κ2) is 11.6. The van der Waals surface area contributed by atoms with Gasteiger partial charge in [-0.2, -0.15) is 0 Å². The maximum absolute atomic E-state index is 11.3. The van der Waals surface area contributed by atoms with Gasteiger partial charge in [-0.25, -0.2) is 4.79 Å². The van der Waals surface area contributed by atoms with Crippen LogP contribution in [0.1, 0.15) is 38.5 Å². The van der Waals surface area contributed by atoms with Gasteiger partial charge in [0.1, 0.15) is 0 Å². The Morgan fingerprint density at radius 2 is 1.54 bits per heavy atom. The fourth-order valence-electron chi connectivity index (χ4n) is 2.79. The fourth-order valence-corrected chi connectivity index (χ4v) is 2.79. The highest BCUT2D eigenvalue weighted by Gasteiger charge is 2.43. The Kier molecular flexibility index (Phi) is 12.7. The zero-order valence-electron chi connectivity index (χ0n) is 14.2. The molecule has 0 bridgehead atoms. The summed E-state index contributed by atoms with van der Waals surface area (Å²) in [6.07, 6.45) is 5.69. The molecule has 0 aliphatic heterocycles. The summed E-state index contributed by atoms with van der Waals surface area (Å²) < 4.78 is 0. The van der Waals surface area contributed by atoms with Crippen molar-refractivity contribution in [3.63, 3.8) is 0 Å². The van der Waals surface area contributed by atoms with Crippen molar-refractivity contribution in [3.8, 4) is 0 Å². The van der Waals surface area contributed by atoms with Crippen LogP contribution in [-0.4, -0.2) is 55.4 Å². The largest absolute Gasteiger partial charge is 0.465 e. The average Bonchev–Trinajstić information content (AvgIpc) is 3.37. The van der Waals surface area contributed by atoms with Crippen LogP contribution in [0.15, 0.2) is 0 Å². The molecule has 0 saturated heterocycles. The molecule has 6 nitrogen and oxygen atoms in total. The third-order valence-electron chi connectivity index (χ3n) is 5.11. The smallest absolute Gasteiger partial charge is 0.407 e. The van der Waals surface area contributed by atoms with Crippen LogP contribution in [0.3, 0.4) is 0 Å². The number of nitrogens with one attached hydrogen (secondary N) is 1. The lowest BCUT2D eigenvalue weighted by atomic mass is 10.1. The van der Waals surface area contributed by atoms with Crippen LogP contribution in [0.4, 0.5) is 4.79 Å². The van der Waals surface area contributed by atoms with Gasteiger partial charge in [0, 0.05) is 25.0 Å². The van der Waals surface area contributed by atoms with E-state index in [1.165, 1.54) is 12.8 Å². The number of unbranched alkanes of at least 4 members (excludes halogenated alkanes) is 1. The minimum absolute atomic E-state index is 0. The van der Waals surface area contributed by atoms with Crippen molar-refractivity contribution in [1.29, 1.82) is 0 Å². The number of nitrogens with zero attached hydrogens (tertiary/aromatic N) is 1. The fraction of sp³-hybridized carbons (Fsp3) is 0.933. The van der Waals surface area contributed by atoms with Crippen molar-refractivity contribution in [2.75, 3.05) is 39.3 Å². The summed E-state index contributed by atoms with van der Waals surface area (Å²) in [4.78, 5) is 12.8. The van der Waals surface area contributed by atoms with Gasteiger partial charge in [0.05, 0.1) is 0 Å². The summed E-state index contributed by atoms with van der Waals surface area (Å²) >= 11 is 0. The first-order valence-corrected chi connectivity index (χ1v) is 8.14. The van der Waals surface area contributed by atoms with Gasteiger partial charge in [-0.1, -0.05) is 0 Å². The molecular weight excluding hydrogens is 375 g/mol. The number of carbonyl (C=O) groups is 1. The Bertz CT molecular complexity index is 367. The van der Waals surface area contributed by atoms with Gasteiger partial charge >= 0.3 is 6.09 Å². The lowest BCUT2D eigenvalue weighted by molar-refractivity contribution is 0.133.